The van der Waals surface area contributed by atoms with Crippen LogP contribution in [0.15, 0.2) is 23.8 Å². The van der Waals surface area contributed by atoms with Crippen LogP contribution in [0.4, 0.5) is 4.79 Å². The second-order valence-electron chi connectivity index (χ2n) is 12.5. The number of rotatable bonds is 19. The average Bonchev–Trinajstić information content (AvgIpc) is 2.94. The Labute approximate surface area is 291 Å². The second-order valence-corrected chi connectivity index (χ2v) is 12.5. The van der Waals surface area contributed by atoms with E-state index in [0.29, 0.717) is 12.3 Å². The molecule has 0 aromatic heterocycles. The molecule has 0 radical (unpaired) electrons. The summed E-state index contributed by atoms with van der Waals surface area (Å²) in [7, 11) is 1.72. The van der Waals surface area contributed by atoms with Gasteiger partial charge >= 0.3 is 30.9 Å². The van der Waals surface area contributed by atoms with E-state index in [1.807, 2.05) is 6.92 Å². The number of allylic oxidation sites excluding steroid dienone is 3. The van der Waals surface area contributed by atoms with Crippen LogP contribution in [-0.2, 0) is 28.5 Å². The molecule has 1 saturated heterocycles. The van der Waals surface area contributed by atoms with Gasteiger partial charge in [0, 0.05) is 13.5 Å². The summed E-state index contributed by atoms with van der Waals surface area (Å²) in [4.78, 5) is 37.7. The van der Waals surface area contributed by atoms with E-state index in [-0.39, 0.29) is 94.8 Å². The van der Waals surface area contributed by atoms with Crippen molar-refractivity contribution in [3.63, 3.8) is 0 Å². The quantitative estimate of drug-likeness (QED) is 0.125. The van der Waals surface area contributed by atoms with E-state index in [0.717, 1.165) is 24.8 Å². The third kappa shape index (κ3) is 16.8. The Balaban J connectivity index is 0. The number of ether oxygens (including phenoxy) is 4. The van der Waals surface area contributed by atoms with Crippen LogP contribution in [-0.4, -0.2) is 90.8 Å². The molecule has 46 heavy (non-hydrogen) atoms. The average molecular weight is 645 g/mol. The first kappa shape index (κ1) is 46.3. The minimum absolute atomic E-state index is 0. The molecule has 1 aliphatic heterocycles. The molecule has 0 saturated carbocycles. The Bertz CT molecular complexity index is 949. The summed E-state index contributed by atoms with van der Waals surface area (Å²) in [5, 5.41) is 12.1. The third-order valence-corrected chi connectivity index (χ3v) is 8.07. The van der Waals surface area contributed by atoms with Crippen molar-refractivity contribution >= 4 is 18.0 Å². The SMILES string of the molecule is [CH2-]CN(C[CH2-])C(=O)OCC[C@H](NC(=O)C[C@H]1CC[C@H](C)[C@@H](/C(C)=C/C=C/[C@@H](C)CC(C)(C)OC(C)[C@H](CC)OC)O1)C(=O)O.[CH3-].[Li+]. The molecule has 11 heteroatoms. The second kappa shape index (κ2) is 23.5. The number of carboxylic acid groups (broad SMARTS) is 1. The van der Waals surface area contributed by atoms with Gasteiger partial charge in [-0.2, -0.15) is 0 Å². The maximum absolute atomic E-state index is 12.8. The number of hydrogen-bond acceptors (Lipinski definition) is 7. The van der Waals surface area contributed by atoms with Gasteiger partial charge in [0.05, 0.1) is 43.0 Å². The van der Waals surface area contributed by atoms with Gasteiger partial charge in [0.1, 0.15) is 6.04 Å². The number of carbonyl (C=O) groups excluding carboxylic acids is 2. The maximum atomic E-state index is 12.8. The minimum atomic E-state index is -1.19. The Hall–Kier alpha value is -1.83. The molecule has 2 amide bonds. The van der Waals surface area contributed by atoms with E-state index in [4.69, 9.17) is 18.9 Å². The molecule has 0 aliphatic carbocycles. The van der Waals surface area contributed by atoms with Crippen LogP contribution in [0.3, 0.4) is 0 Å². The summed E-state index contributed by atoms with van der Waals surface area (Å²) >= 11 is 0. The maximum Gasteiger partial charge on any atom is 1.00 e. The first-order valence-electron chi connectivity index (χ1n) is 15.9. The predicted molar refractivity (Wildman–Crippen MR) is 178 cm³/mol. The number of aliphatic carboxylic acids is 1. The van der Waals surface area contributed by atoms with Crippen LogP contribution in [0.5, 0.6) is 0 Å². The van der Waals surface area contributed by atoms with Crippen molar-refractivity contribution in [1.82, 2.24) is 10.2 Å². The molecule has 0 aromatic rings. The van der Waals surface area contributed by atoms with Crippen molar-refractivity contribution < 1.29 is 57.3 Å². The van der Waals surface area contributed by atoms with Crippen LogP contribution in [0.1, 0.15) is 87.0 Å². The summed E-state index contributed by atoms with van der Waals surface area (Å²) in [6, 6.07) is -1.18. The number of carboxylic acids is 1. The molecule has 2 N–H and O–H groups in total. The zero-order chi connectivity index (χ0) is 33.4. The number of nitrogens with zero attached hydrogens (tertiary/aromatic N) is 1. The fourth-order valence-electron chi connectivity index (χ4n) is 5.74. The van der Waals surface area contributed by atoms with Gasteiger partial charge in [-0.1, -0.05) is 39.0 Å². The molecule has 1 unspecified atom stereocenters. The summed E-state index contributed by atoms with van der Waals surface area (Å²) in [5.41, 5.74) is 0.776. The Morgan fingerprint density at radius 1 is 1.17 bits per heavy atom. The first-order chi connectivity index (χ1) is 20.7. The van der Waals surface area contributed by atoms with Crippen LogP contribution < -0.4 is 24.2 Å². The minimum Gasteiger partial charge on any atom is -0.480 e. The smallest absolute Gasteiger partial charge is 0.480 e. The molecular formula is C35H61LiN2O8-2. The van der Waals surface area contributed by atoms with Crippen LogP contribution in [0.25, 0.3) is 0 Å². The molecule has 0 aromatic carbocycles. The topological polar surface area (TPSA) is 124 Å². The monoisotopic (exact) mass is 644 g/mol. The van der Waals surface area contributed by atoms with Gasteiger partial charge in [0.2, 0.25) is 5.91 Å². The number of carbonyl (C=O) groups is 3. The van der Waals surface area contributed by atoms with E-state index >= 15 is 0 Å². The largest absolute Gasteiger partial charge is 1.00 e. The van der Waals surface area contributed by atoms with Gasteiger partial charge in [-0.25, -0.2) is 9.59 Å². The van der Waals surface area contributed by atoms with E-state index in [2.05, 4.69) is 78.9 Å². The fraction of sp³-hybridized carbons (Fsp3) is 0.714. The van der Waals surface area contributed by atoms with Crippen LogP contribution in [0, 0.1) is 33.1 Å². The summed E-state index contributed by atoms with van der Waals surface area (Å²) in [6.07, 6.45) is 8.66. The molecule has 1 fully saturated rings. The van der Waals surface area contributed by atoms with Crippen molar-refractivity contribution in [1.29, 1.82) is 0 Å². The van der Waals surface area contributed by atoms with Crippen molar-refractivity contribution in [2.24, 2.45) is 11.8 Å². The zero-order valence-electron chi connectivity index (χ0n) is 30.3. The van der Waals surface area contributed by atoms with E-state index in [1.54, 1.807) is 7.11 Å². The zero-order valence-corrected chi connectivity index (χ0v) is 30.3. The Kier molecular flexibility index (Phi) is 23.6. The molecule has 262 valence electrons. The Morgan fingerprint density at radius 2 is 1.80 bits per heavy atom. The molecule has 0 bridgehead atoms. The summed E-state index contributed by atoms with van der Waals surface area (Å²) < 4.78 is 23.3. The number of nitrogens with one attached hydrogen (secondary N) is 1. The predicted octanol–water partition coefficient (Wildman–Crippen LogP) is 3.22. The van der Waals surface area contributed by atoms with Gasteiger partial charge in [-0.15, -0.1) is 13.1 Å². The standard InChI is InChI=1S/C34H58N2O8.CH3.Li/c1-11-29(41-10)26(7)44-34(8,9)22-23(4)15-14-16-24(5)31-25(6)17-18-27(43-31)21-30(37)35-28(32(38)39)19-20-42-33(40)36(12-2)13-3;;/h14-16,23,25-29,31H,2-3,11-13,17-22H2,1,4-10H3,(H,35,37)(H,38,39);1H3;/q-2;-1;+1/b15-14+,24-16+;;/t23-,25+,26?,27-,28+,29+,31-;;/m1../s1. The van der Waals surface area contributed by atoms with Gasteiger partial charge < -0.3 is 55.5 Å². The third-order valence-electron chi connectivity index (χ3n) is 8.07. The van der Waals surface area contributed by atoms with E-state index in [1.165, 1.54) is 4.90 Å². The fourth-order valence-corrected chi connectivity index (χ4v) is 5.74. The number of amides is 2. The van der Waals surface area contributed by atoms with Crippen molar-refractivity contribution in [3.8, 4) is 0 Å². The van der Waals surface area contributed by atoms with Gasteiger partial charge in [-0.05, 0) is 70.8 Å². The van der Waals surface area contributed by atoms with Crippen molar-refractivity contribution in [3.05, 3.63) is 45.1 Å². The molecule has 10 nitrogen and oxygen atoms in total. The van der Waals surface area contributed by atoms with Crippen molar-refractivity contribution in [2.75, 3.05) is 26.8 Å². The molecular weight excluding hydrogens is 583 g/mol. The molecule has 7 atom stereocenters. The first-order valence-corrected chi connectivity index (χ1v) is 15.9. The van der Waals surface area contributed by atoms with E-state index < -0.39 is 24.0 Å². The molecule has 0 spiro atoms. The van der Waals surface area contributed by atoms with Gasteiger partial charge in [0.25, 0.3) is 0 Å². The van der Waals surface area contributed by atoms with E-state index in [9.17, 15) is 19.5 Å². The molecule has 1 aliphatic rings. The number of hydrogen-bond donors (Lipinski definition) is 2. The Morgan fingerprint density at radius 3 is 2.35 bits per heavy atom. The molecule has 1 heterocycles. The molecule has 1 rings (SSSR count). The van der Waals surface area contributed by atoms with Gasteiger partial charge in [-0.3, -0.25) is 4.79 Å². The normalized spacial score (nSPS) is 21.3. The summed E-state index contributed by atoms with van der Waals surface area (Å²) in [6.45, 7) is 22.2. The number of methoxy groups -OCH3 is 1. The summed E-state index contributed by atoms with van der Waals surface area (Å²) in [5.74, 6) is -1.03. The van der Waals surface area contributed by atoms with Crippen LogP contribution >= 0.6 is 0 Å². The van der Waals surface area contributed by atoms with Crippen molar-refractivity contribution in [2.45, 2.75) is 123 Å². The van der Waals surface area contributed by atoms with Crippen LogP contribution in [0.2, 0.25) is 0 Å². The van der Waals surface area contributed by atoms with Gasteiger partial charge in [0.15, 0.2) is 0 Å².